The van der Waals surface area contributed by atoms with Gasteiger partial charge in [0.1, 0.15) is 21.7 Å². The molecule has 4 heterocycles. The highest BCUT2D eigenvalue weighted by Gasteiger charge is 2.29. The zero-order valence-electron chi connectivity index (χ0n) is 23.8. The van der Waals surface area contributed by atoms with Crippen LogP contribution in [0.15, 0.2) is 29.6 Å². The van der Waals surface area contributed by atoms with Crippen LogP contribution in [-0.4, -0.2) is 62.9 Å². The molecule has 1 atom stereocenters. The van der Waals surface area contributed by atoms with Gasteiger partial charge in [0.05, 0.1) is 18.3 Å². The highest BCUT2D eigenvalue weighted by atomic mass is 32.1. The minimum absolute atomic E-state index is 0.0966. The van der Waals surface area contributed by atoms with Crippen LogP contribution in [0.25, 0.3) is 32.8 Å². The largest absolute Gasteiger partial charge is 0.494 e. The number of fused-ring (bicyclic) bond motifs is 2. The van der Waals surface area contributed by atoms with Gasteiger partial charge in [-0.2, -0.15) is 0 Å². The molecular weight excluding hydrogens is 526 g/mol. The number of aromatic nitrogens is 3. The normalized spacial score (nSPS) is 17.9. The summed E-state index contributed by atoms with van der Waals surface area (Å²) >= 11 is 1.76. The van der Waals surface area contributed by atoms with Crippen molar-refractivity contribution >= 4 is 44.6 Å². The molecule has 212 valence electrons. The third kappa shape index (κ3) is 5.16. The van der Waals surface area contributed by atoms with Crippen molar-refractivity contribution in [1.29, 1.82) is 0 Å². The molecule has 4 aromatic rings. The van der Waals surface area contributed by atoms with Crippen LogP contribution in [-0.2, 0) is 18.3 Å². The van der Waals surface area contributed by atoms with E-state index in [1.165, 1.54) is 23.1 Å². The van der Waals surface area contributed by atoms with E-state index < -0.39 is 11.7 Å². The quantitative estimate of drug-likeness (QED) is 0.320. The Balaban J connectivity index is 1.30. The van der Waals surface area contributed by atoms with Crippen LogP contribution in [0.3, 0.4) is 0 Å². The molecule has 1 aliphatic carbocycles. The maximum Gasteiger partial charge on any atom is 0.407 e. The highest BCUT2D eigenvalue weighted by Crippen LogP contribution is 2.39. The molecule has 6 rings (SSSR count). The Morgan fingerprint density at radius 1 is 1.18 bits per heavy atom. The van der Waals surface area contributed by atoms with E-state index in [9.17, 15) is 9.59 Å². The standard InChI is InChI=1S/C30H37N5O4S/c1-30(2,3)39-29(37)31-21-7-6-11-34(17-21)27(36)20-13-22-25(24(15-20)38-5)33(4)26(32-22)23-14-19-10-12-40-28(19)35(23)16-18-8-9-18/h10,12-15,18,21H,6-9,11,16-17H2,1-5H3,(H,31,37)/t21-/m1/s1. The molecule has 10 heteroatoms. The van der Waals surface area contributed by atoms with Crippen molar-refractivity contribution in [3.05, 3.63) is 35.2 Å². The van der Waals surface area contributed by atoms with Crippen molar-refractivity contribution in [2.45, 2.75) is 64.6 Å². The van der Waals surface area contributed by atoms with E-state index in [1.807, 2.05) is 40.0 Å². The van der Waals surface area contributed by atoms with Crippen LogP contribution in [0.2, 0.25) is 0 Å². The summed E-state index contributed by atoms with van der Waals surface area (Å²) in [5.41, 5.74) is 2.63. The predicted octanol–water partition coefficient (Wildman–Crippen LogP) is 5.80. The van der Waals surface area contributed by atoms with Crippen molar-refractivity contribution in [1.82, 2.24) is 24.3 Å². The maximum atomic E-state index is 13.7. The number of hydrogen-bond acceptors (Lipinski definition) is 6. The zero-order chi connectivity index (χ0) is 28.2. The van der Waals surface area contributed by atoms with Gasteiger partial charge in [-0.25, -0.2) is 9.78 Å². The molecule has 1 aromatic carbocycles. The number of hydrogen-bond donors (Lipinski definition) is 1. The Labute approximate surface area is 238 Å². The van der Waals surface area contributed by atoms with E-state index in [-0.39, 0.29) is 11.9 Å². The van der Waals surface area contributed by atoms with Crippen LogP contribution in [0.4, 0.5) is 4.79 Å². The Bertz CT molecular complexity index is 1590. The van der Waals surface area contributed by atoms with Crippen LogP contribution in [0, 0.1) is 5.92 Å². The number of carbonyl (C=O) groups is 2. The summed E-state index contributed by atoms with van der Waals surface area (Å²) in [6, 6.07) is 7.90. The number of carbonyl (C=O) groups excluding carboxylic acids is 2. The summed E-state index contributed by atoms with van der Waals surface area (Å²) in [5.74, 6) is 2.11. The number of alkyl carbamates (subject to hydrolysis) is 1. The minimum Gasteiger partial charge on any atom is -0.494 e. The summed E-state index contributed by atoms with van der Waals surface area (Å²) in [5, 5.41) is 6.30. The van der Waals surface area contributed by atoms with Crippen LogP contribution in [0.5, 0.6) is 5.75 Å². The van der Waals surface area contributed by atoms with Gasteiger partial charge in [-0.1, -0.05) is 0 Å². The first-order chi connectivity index (χ1) is 19.1. The van der Waals surface area contributed by atoms with Gasteiger partial charge in [0.2, 0.25) is 0 Å². The molecule has 2 aliphatic rings. The van der Waals surface area contributed by atoms with Gasteiger partial charge in [0.25, 0.3) is 5.91 Å². The van der Waals surface area contributed by atoms with Crippen molar-refractivity contribution in [2.75, 3.05) is 20.2 Å². The fourth-order valence-electron chi connectivity index (χ4n) is 5.66. The number of likely N-dealkylation sites (tertiary alicyclic amines) is 1. The molecule has 1 aliphatic heterocycles. The van der Waals surface area contributed by atoms with Gasteiger partial charge in [-0.15, -0.1) is 11.3 Å². The lowest BCUT2D eigenvalue weighted by Crippen LogP contribution is -2.50. The Morgan fingerprint density at radius 2 is 1.98 bits per heavy atom. The fraction of sp³-hybridized carbons (Fsp3) is 0.500. The molecule has 0 radical (unpaired) electrons. The molecule has 9 nitrogen and oxygen atoms in total. The molecule has 0 unspecified atom stereocenters. The maximum absolute atomic E-state index is 13.7. The van der Waals surface area contributed by atoms with Gasteiger partial charge in [0, 0.05) is 43.7 Å². The topological polar surface area (TPSA) is 90.6 Å². The van der Waals surface area contributed by atoms with Crippen LogP contribution < -0.4 is 10.1 Å². The summed E-state index contributed by atoms with van der Waals surface area (Å²) in [4.78, 5) is 34.1. The first-order valence-electron chi connectivity index (χ1n) is 14.0. The van der Waals surface area contributed by atoms with E-state index >= 15 is 0 Å². The van der Waals surface area contributed by atoms with E-state index in [0.717, 1.165) is 47.9 Å². The monoisotopic (exact) mass is 563 g/mol. The van der Waals surface area contributed by atoms with E-state index in [1.54, 1.807) is 23.3 Å². The van der Waals surface area contributed by atoms with Crippen LogP contribution >= 0.6 is 11.3 Å². The average molecular weight is 564 g/mol. The van der Waals surface area contributed by atoms with Crippen molar-refractivity contribution in [3.8, 4) is 17.3 Å². The summed E-state index contributed by atoms with van der Waals surface area (Å²) in [6.45, 7) is 7.56. The molecule has 0 spiro atoms. The SMILES string of the molecule is COc1cc(C(=O)N2CCC[C@@H](NC(=O)OC(C)(C)C)C2)cc2nc(-c3cc4ccsc4n3CC3CC3)n(C)c12. The molecular formula is C30H37N5O4S. The summed E-state index contributed by atoms with van der Waals surface area (Å²) < 4.78 is 15.7. The number of imidazole rings is 1. The van der Waals surface area contributed by atoms with Gasteiger partial charge in [-0.05, 0) is 82.0 Å². The number of nitrogens with one attached hydrogen (secondary N) is 1. The molecule has 2 amide bonds. The van der Waals surface area contributed by atoms with Gasteiger partial charge in [-0.3, -0.25) is 4.79 Å². The molecule has 1 N–H and O–H groups in total. The zero-order valence-corrected chi connectivity index (χ0v) is 24.6. The molecule has 3 aromatic heterocycles. The summed E-state index contributed by atoms with van der Waals surface area (Å²) in [7, 11) is 3.64. The number of ether oxygens (including phenoxy) is 2. The minimum atomic E-state index is -0.572. The molecule has 0 bridgehead atoms. The second-order valence-electron chi connectivity index (χ2n) is 12.0. The molecule has 40 heavy (non-hydrogen) atoms. The first-order valence-corrected chi connectivity index (χ1v) is 14.9. The molecule has 1 saturated heterocycles. The van der Waals surface area contributed by atoms with Crippen molar-refractivity contribution in [2.24, 2.45) is 13.0 Å². The highest BCUT2D eigenvalue weighted by molar-refractivity contribution is 7.16. The average Bonchev–Trinajstić information content (AvgIpc) is 3.35. The van der Waals surface area contributed by atoms with Crippen molar-refractivity contribution in [3.63, 3.8) is 0 Å². The predicted molar refractivity (Wildman–Crippen MR) is 157 cm³/mol. The lowest BCUT2D eigenvalue weighted by atomic mass is 10.0. The lowest BCUT2D eigenvalue weighted by molar-refractivity contribution is 0.0452. The van der Waals surface area contributed by atoms with E-state index in [0.29, 0.717) is 24.4 Å². The Morgan fingerprint density at radius 3 is 2.70 bits per heavy atom. The Kier molecular flexibility index (Phi) is 6.76. The number of aryl methyl sites for hydroxylation is 1. The number of piperidine rings is 1. The van der Waals surface area contributed by atoms with E-state index in [4.69, 9.17) is 14.5 Å². The number of thiophene rings is 1. The van der Waals surface area contributed by atoms with Crippen LogP contribution in [0.1, 0.15) is 56.8 Å². The van der Waals surface area contributed by atoms with Crippen molar-refractivity contribution < 1.29 is 19.1 Å². The van der Waals surface area contributed by atoms with Gasteiger partial charge < -0.3 is 28.8 Å². The van der Waals surface area contributed by atoms with Gasteiger partial charge >= 0.3 is 6.09 Å². The first kappa shape index (κ1) is 26.7. The third-order valence-corrected chi connectivity index (χ3v) is 8.65. The number of nitrogens with zero attached hydrogens (tertiary/aromatic N) is 4. The number of amides is 2. The Hall–Kier alpha value is -3.53. The second kappa shape index (κ2) is 10.1. The third-order valence-electron chi connectivity index (χ3n) is 7.70. The fourth-order valence-corrected chi connectivity index (χ4v) is 6.56. The lowest BCUT2D eigenvalue weighted by Gasteiger charge is -2.33. The molecule has 1 saturated carbocycles. The molecule has 2 fully saturated rings. The second-order valence-corrected chi connectivity index (χ2v) is 12.9. The number of rotatable bonds is 6. The van der Waals surface area contributed by atoms with E-state index in [2.05, 4.69) is 32.0 Å². The van der Waals surface area contributed by atoms with Gasteiger partial charge in [0.15, 0.2) is 5.82 Å². The summed E-state index contributed by atoms with van der Waals surface area (Å²) in [6.07, 6.45) is 3.69. The smallest absolute Gasteiger partial charge is 0.407 e. The number of benzene rings is 1. The number of methoxy groups -OCH3 is 1.